The number of hydrogen-bond acceptors (Lipinski definition) is 6. The minimum absolute atomic E-state index is 0.125. The number of halogens is 1. The number of nitrogens with zero attached hydrogens (tertiary/aromatic N) is 4. The van der Waals surface area contributed by atoms with Gasteiger partial charge in [0.05, 0.1) is 22.9 Å². The highest BCUT2D eigenvalue weighted by molar-refractivity contribution is 7.90. The minimum Gasteiger partial charge on any atom is -0.332 e. The number of likely N-dealkylation sites (N-methyl/N-ethyl adjacent to an activating group) is 1. The molecule has 1 N–H and O–H groups in total. The van der Waals surface area contributed by atoms with Gasteiger partial charge in [0.25, 0.3) is 0 Å². The number of aromatic nitrogens is 2. The number of sulfone groups is 1. The van der Waals surface area contributed by atoms with Crippen LogP contribution in [0.5, 0.6) is 0 Å². The zero-order chi connectivity index (χ0) is 20.8. The van der Waals surface area contributed by atoms with Gasteiger partial charge >= 0.3 is 11.8 Å². The van der Waals surface area contributed by atoms with Crippen LogP contribution in [0.3, 0.4) is 0 Å². The van der Waals surface area contributed by atoms with Crippen LogP contribution in [-0.4, -0.2) is 73.0 Å². The molecule has 0 atom stereocenters. The topological polar surface area (TPSA) is 105 Å². The van der Waals surface area contributed by atoms with Crippen LogP contribution in [0.1, 0.15) is 11.3 Å². The number of carbonyl (C=O) groups excluding carboxylic acids is 2. The fourth-order valence-corrected chi connectivity index (χ4v) is 4.95. The van der Waals surface area contributed by atoms with Gasteiger partial charge in [-0.2, -0.15) is 5.10 Å². The Balaban J connectivity index is 1.64. The lowest BCUT2D eigenvalue weighted by molar-refractivity contribution is -0.144. The third-order valence-corrected chi connectivity index (χ3v) is 6.52. The molecule has 2 aliphatic heterocycles. The molecule has 2 aliphatic rings. The molecule has 0 saturated carbocycles. The van der Waals surface area contributed by atoms with Crippen LogP contribution in [0.15, 0.2) is 24.3 Å². The lowest BCUT2D eigenvalue weighted by Crippen LogP contribution is -2.50. The number of amides is 2. The van der Waals surface area contributed by atoms with E-state index in [1.54, 1.807) is 0 Å². The Labute approximate surface area is 167 Å². The summed E-state index contributed by atoms with van der Waals surface area (Å²) < 4.78 is 38.6. The maximum Gasteiger partial charge on any atom is 0.315 e. The summed E-state index contributed by atoms with van der Waals surface area (Å²) in [6, 6.07) is 5.40. The maximum absolute atomic E-state index is 13.3. The predicted octanol–water partition coefficient (Wildman–Crippen LogP) is 0.152. The predicted molar refractivity (Wildman–Crippen MR) is 103 cm³/mol. The number of carbonyl (C=O) groups is 2. The first-order chi connectivity index (χ1) is 13.7. The largest absolute Gasteiger partial charge is 0.332 e. The van der Waals surface area contributed by atoms with Crippen LogP contribution in [-0.2, 0) is 30.9 Å². The van der Waals surface area contributed by atoms with Gasteiger partial charge < -0.3 is 15.1 Å². The van der Waals surface area contributed by atoms with E-state index in [0.29, 0.717) is 43.1 Å². The lowest BCUT2D eigenvalue weighted by Gasteiger charge is -2.31. The summed E-state index contributed by atoms with van der Waals surface area (Å²) in [5, 5.41) is 6.84. The number of benzene rings is 1. The first-order valence-electron chi connectivity index (χ1n) is 9.09. The monoisotopic (exact) mass is 421 g/mol. The Hall–Kier alpha value is -2.79. The fourth-order valence-electron chi connectivity index (χ4n) is 3.45. The van der Waals surface area contributed by atoms with Crippen molar-refractivity contribution in [2.24, 2.45) is 0 Å². The number of piperazine rings is 1. The molecule has 11 heteroatoms. The molecule has 3 heterocycles. The van der Waals surface area contributed by atoms with E-state index in [-0.39, 0.29) is 17.3 Å². The maximum atomic E-state index is 13.3. The van der Waals surface area contributed by atoms with Gasteiger partial charge in [-0.15, -0.1) is 0 Å². The molecule has 1 saturated heterocycles. The minimum atomic E-state index is -3.36. The second-order valence-electron chi connectivity index (χ2n) is 7.24. The van der Waals surface area contributed by atoms with Crippen LogP contribution < -0.4 is 5.32 Å². The second-order valence-corrected chi connectivity index (χ2v) is 9.31. The van der Waals surface area contributed by atoms with Crippen molar-refractivity contribution in [1.29, 1.82) is 0 Å². The molecule has 2 amide bonds. The van der Waals surface area contributed by atoms with Crippen molar-refractivity contribution >= 4 is 27.5 Å². The molecule has 0 bridgehead atoms. The van der Waals surface area contributed by atoms with Gasteiger partial charge in [0, 0.05) is 31.7 Å². The van der Waals surface area contributed by atoms with Crippen LogP contribution in [0.4, 0.5) is 10.2 Å². The summed E-state index contributed by atoms with van der Waals surface area (Å²) in [6.45, 7) is 2.21. The Morgan fingerprint density at radius 3 is 2.38 bits per heavy atom. The van der Waals surface area contributed by atoms with Gasteiger partial charge in [0.15, 0.2) is 9.84 Å². The van der Waals surface area contributed by atoms with E-state index in [2.05, 4.69) is 15.3 Å². The van der Waals surface area contributed by atoms with E-state index in [9.17, 15) is 22.4 Å². The van der Waals surface area contributed by atoms with Gasteiger partial charge in [0.2, 0.25) is 0 Å². The van der Waals surface area contributed by atoms with Crippen LogP contribution in [0.25, 0.3) is 5.69 Å². The smallest absolute Gasteiger partial charge is 0.315 e. The van der Waals surface area contributed by atoms with E-state index in [1.165, 1.54) is 33.8 Å². The summed E-state index contributed by atoms with van der Waals surface area (Å²) in [4.78, 5) is 28.7. The first-order valence-corrected chi connectivity index (χ1v) is 10.9. The van der Waals surface area contributed by atoms with Crippen LogP contribution in [0, 0.1) is 5.82 Å². The average Bonchev–Trinajstić information content (AvgIpc) is 3.15. The van der Waals surface area contributed by atoms with E-state index in [4.69, 9.17) is 0 Å². The van der Waals surface area contributed by atoms with Crippen molar-refractivity contribution in [2.45, 2.75) is 11.5 Å². The molecule has 29 heavy (non-hydrogen) atoms. The number of rotatable bonds is 2. The van der Waals surface area contributed by atoms with Crippen molar-refractivity contribution in [3.05, 3.63) is 41.3 Å². The summed E-state index contributed by atoms with van der Waals surface area (Å²) in [6.07, 6.45) is 0. The molecular weight excluding hydrogens is 401 g/mol. The van der Waals surface area contributed by atoms with Crippen molar-refractivity contribution in [3.8, 4) is 5.69 Å². The van der Waals surface area contributed by atoms with E-state index < -0.39 is 27.5 Å². The molecule has 0 spiro atoms. The Morgan fingerprint density at radius 2 is 1.72 bits per heavy atom. The average molecular weight is 421 g/mol. The zero-order valence-electron chi connectivity index (χ0n) is 15.8. The van der Waals surface area contributed by atoms with E-state index in [1.807, 2.05) is 7.05 Å². The summed E-state index contributed by atoms with van der Waals surface area (Å²) in [5.74, 6) is -2.37. The van der Waals surface area contributed by atoms with Crippen LogP contribution >= 0.6 is 0 Å². The number of fused-ring (bicyclic) bond motifs is 1. The third-order valence-electron chi connectivity index (χ3n) is 5.08. The summed E-state index contributed by atoms with van der Waals surface area (Å²) in [7, 11) is -1.42. The second kappa shape index (κ2) is 7.23. The van der Waals surface area contributed by atoms with Crippen molar-refractivity contribution in [3.63, 3.8) is 0 Å². The molecule has 1 aromatic carbocycles. The first kappa shape index (κ1) is 19.5. The molecule has 0 aliphatic carbocycles. The summed E-state index contributed by atoms with van der Waals surface area (Å²) in [5.41, 5.74) is 1.12. The van der Waals surface area contributed by atoms with Gasteiger partial charge in [-0.3, -0.25) is 9.59 Å². The normalized spacial score (nSPS) is 18.5. The highest BCUT2D eigenvalue weighted by atomic mass is 32.2. The third kappa shape index (κ3) is 3.87. The van der Waals surface area contributed by atoms with Crippen LogP contribution in [0.2, 0.25) is 0 Å². The lowest BCUT2D eigenvalue weighted by atomic mass is 10.2. The van der Waals surface area contributed by atoms with Gasteiger partial charge in [-0.25, -0.2) is 17.5 Å². The highest BCUT2D eigenvalue weighted by Crippen LogP contribution is 2.33. The standard InChI is InChI=1S/C18H20FN5O4S/c1-22-6-8-23(9-7-22)18(26)17(25)20-16-14-10-29(27,28)11-15(14)21-24(16)13-4-2-12(19)3-5-13/h2-5H,6-11H2,1H3,(H,20,25). The number of nitrogens with one attached hydrogen (secondary N) is 1. The van der Waals surface area contributed by atoms with Crippen molar-refractivity contribution in [2.75, 3.05) is 38.5 Å². The molecule has 9 nitrogen and oxygen atoms in total. The molecule has 2 aromatic rings. The molecule has 154 valence electrons. The SMILES string of the molecule is CN1CCN(C(=O)C(=O)Nc2c3c(nn2-c2ccc(F)cc2)CS(=O)(=O)C3)CC1. The van der Waals surface area contributed by atoms with Gasteiger partial charge in [-0.05, 0) is 31.3 Å². The van der Waals surface area contributed by atoms with Crippen molar-refractivity contribution in [1.82, 2.24) is 19.6 Å². The number of hydrogen-bond donors (Lipinski definition) is 1. The zero-order valence-corrected chi connectivity index (χ0v) is 16.6. The quantitative estimate of drug-likeness (QED) is 0.693. The van der Waals surface area contributed by atoms with Gasteiger partial charge in [0.1, 0.15) is 11.6 Å². The van der Waals surface area contributed by atoms with Gasteiger partial charge in [-0.1, -0.05) is 0 Å². The molecular formula is C18H20FN5O4S. The summed E-state index contributed by atoms with van der Waals surface area (Å²) >= 11 is 0. The van der Waals surface area contributed by atoms with Crippen molar-refractivity contribution < 1.29 is 22.4 Å². The Bertz CT molecular complexity index is 1070. The van der Waals surface area contributed by atoms with E-state index in [0.717, 1.165) is 0 Å². The number of anilines is 1. The fraction of sp³-hybridized carbons (Fsp3) is 0.389. The van der Waals surface area contributed by atoms with E-state index >= 15 is 0 Å². The molecule has 4 rings (SSSR count). The molecule has 1 aromatic heterocycles. The Morgan fingerprint density at radius 1 is 1.07 bits per heavy atom. The molecule has 0 unspecified atom stereocenters. The highest BCUT2D eigenvalue weighted by Gasteiger charge is 2.34. The molecule has 0 radical (unpaired) electrons. The molecule has 1 fully saturated rings. The Kier molecular flexibility index (Phi) is 4.87.